The Balaban J connectivity index is 0.852. The molecule has 0 N–H and O–H groups in total. The second kappa shape index (κ2) is 22.4. The lowest BCUT2D eigenvalue weighted by molar-refractivity contribution is -0.554. The number of benzene rings is 6. The Labute approximate surface area is 431 Å². The van der Waals surface area contributed by atoms with Gasteiger partial charge in [0.05, 0.1) is 74.3 Å². The number of aromatic nitrogens is 2. The standard InChI is InChI=1S/C60H60N6O4S2/c1-61-53-25-13-15-27-55(53)71-59(61)43-45-41-57(65(47-17-5-3-6-18-47)51-23-11-9-21-49(45)51)63-29-33-67-37-39-69-35-31-64(32-36-70-40-38-68-34-30-63)58-42-46(44-60-62(2)54-26-14-16-28-56(54)72-60)50-22-10-12-24-52(50)66(58)48-19-7-4-8-20-48/h3-28,41-44H,29-40H2,1-2H3/q+2. The molecule has 72 heavy (non-hydrogen) atoms. The summed E-state index contributed by atoms with van der Waals surface area (Å²) >= 11 is 3.62. The van der Waals surface area contributed by atoms with Crippen molar-refractivity contribution in [2.24, 2.45) is 0 Å². The molecule has 1 saturated heterocycles. The quantitative estimate of drug-likeness (QED) is 0.151. The van der Waals surface area contributed by atoms with E-state index in [4.69, 9.17) is 18.9 Å². The van der Waals surface area contributed by atoms with E-state index in [-0.39, 0.29) is 0 Å². The lowest BCUT2D eigenvalue weighted by Crippen LogP contribution is -2.44. The Morgan fingerprint density at radius 3 is 1.14 bits per heavy atom. The summed E-state index contributed by atoms with van der Waals surface area (Å²) in [5, 5.41) is 4.74. The maximum absolute atomic E-state index is 6.41. The normalized spacial score (nSPS) is 17.6. The zero-order valence-corrected chi connectivity index (χ0v) is 42.6. The first-order chi connectivity index (χ1) is 35.6. The third-order valence-electron chi connectivity index (χ3n) is 13.5. The van der Waals surface area contributed by atoms with E-state index < -0.39 is 0 Å². The van der Waals surface area contributed by atoms with Gasteiger partial charge in [-0.05, 0) is 83.9 Å². The van der Waals surface area contributed by atoms with Gasteiger partial charge in [-0.15, -0.1) is 0 Å². The monoisotopic (exact) mass is 992 g/mol. The number of anilines is 4. The van der Waals surface area contributed by atoms with Gasteiger partial charge in [-0.2, -0.15) is 9.13 Å². The molecule has 12 heteroatoms. The molecule has 10 nitrogen and oxygen atoms in total. The minimum atomic E-state index is 0.483. The average Bonchev–Trinajstić information content (AvgIpc) is 3.92. The zero-order valence-electron chi connectivity index (χ0n) is 40.9. The van der Waals surface area contributed by atoms with Crippen LogP contribution in [0.1, 0.15) is 11.1 Å². The highest BCUT2D eigenvalue weighted by Crippen LogP contribution is 2.47. The Hall–Kier alpha value is -6.64. The van der Waals surface area contributed by atoms with Crippen molar-refractivity contribution in [3.63, 3.8) is 0 Å². The molecular formula is C60H60N6O4S2+2. The summed E-state index contributed by atoms with van der Waals surface area (Å²) in [6, 6.07) is 60.6. The Morgan fingerprint density at radius 1 is 0.403 bits per heavy atom. The van der Waals surface area contributed by atoms with Crippen LogP contribution in [-0.2, 0) is 18.9 Å². The summed E-state index contributed by atoms with van der Waals surface area (Å²) in [6.07, 6.45) is 4.67. The lowest BCUT2D eigenvalue weighted by atomic mass is 10.1. The molecular weight excluding hydrogens is 933 g/mol. The van der Waals surface area contributed by atoms with Crippen LogP contribution >= 0.6 is 23.5 Å². The molecule has 364 valence electrons. The van der Waals surface area contributed by atoms with Gasteiger partial charge in [-0.1, -0.05) is 121 Å². The van der Waals surface area contributed by atoms with Crippen molar-refractivity contribution in [2.45, 2.75) is 9.79 Å². The number of hydrogen-bond acceptors (Lipinski definition) is 10. The van der Waals surface area contributed by atoms with Gasteiger partial charge in [0.1, 0.15) is 48.6 Å². The summed E-state index contributed by atoms with van der Waals surface area (Å²) in [7, 11) is 4.31. The van der Waals surface area contributed by atoms with Crippen LogP contribution in [0.15, 0.2) is 190 Å². The van der Waals surface area contributed by atoms with Crippen LogP contribution in [0, 0.1) is 0 Å². The van der Waals surface area contributed by atoms with Gasteiger partial charge in [-0.25, -0.2) is 0 Å². The fraction of sp³-hybridized carbons (Fsp3) is 0.233. The number of ether oxygens (including phenoxy) is 4. The molecule has 3 aliphatic heterocycles. The van der Waals surface area contributed by atoms with Crippen LogP contribution in [0.4, 0.5) is 23.0 Å². The number of thioether (sulfide) groups is 2. The first-order valence-corrected chi connectivity index (χ1v) is 26.5. The molecule has 0 bridgehead atoms. The van der Waals surface area contributed by atoms with E-state index >= 15 is 0 Å². The van der Waals surface area contributed by atoms with Crippen molar-refractivity contribution in [1.29, 1.82) is 0 Å². The molecule has 8 aromatic rings. The first-order valence-electron chi connectivity index (χ1n) is 24.9. The smallest absolute Gasteiger partial charge is 0.283 e. The van der Waals surface area contributed by atoms with Crippen LogP contribution in [0.2, 0.25) is 0 Å². The fourth-order valence-corrected chi connectivity index (χ4v) is 12.0. The number of hydrogen-bond donors (Lipinski definition) is 0. The average molecular weight is 993 g/mol. The van der Waals surface area contributed by atoms with E-state index in [0.717, 1.165) is 45.2 Å². The largest absolute Gasteiger partial charge is 0.375 e. The minimum absolute atomic E-state index is 0.483. The van der Waals surface area contributed by atoms with E-state index in [1.54, 1.807) is 0 Å². The van der Waals surface area contributed by atoms with Crippen LogP contribution in [0.3, 0.4) is 0 Å². The number of para-hydroxylation sites is 6. The van der Waals surface area contributed by atoms with Crippen LogP contribution in [0.25, 0.3) is 45.3 Å². The molecule has 0 amide bonds. The van der Waals surface area contributed by atoms with E-state index in [1.165, 1.54) is 42.0 Å². The minimum Gasteiger partial charge on any atom is -0.375 e. The number of fused-ring (bicyclic) bond motifs is 4. The molecule has 0 radical (unpaired) electrons. The van der Waals surface area contributed by atoms with Crippen molar-refractivity contribution in [3.8, 4) is 11.4 Å². The van der Waals surface area contributed by atoms with Gasteiger partial charge in [0.15, 0.2) is 0 Å². The highest BCUT2D eigenvalue weighted by molar-refractivity contribution is 8.04. The third kappa shape index (κ3) is 10.2. The lowest BCUT2D eigenvalue weighted by Gasteiger charge is -2.23. The predicted octanol–water partition coefficient (Wildman–Crippen LogP) is 11.0. The molecule has 11 rings (SSSR count). The molecule has 3 aliphatic rings. The third-order valence-corrected chi connectivity index (χ3v) is 15.8. The molecule has 0 spiro atoms. The second-order valence-electron chi connectivity index (χ2n) is 17.9. The molecule has 0 atom stereocenters. The highest BCUT2D eigenvalue weighted by Gasteiger charge is 2.30. The fourth-order valence-electron chi connectivity index (χ4n) is 9.82. The maximum atomic E-state index is 6.41. The first kappa shape index (κ1) is 47.7. The summed E-state index contributed by atoms with van der Waals surface area (Å²) in [4.78, 5) is 11.9. The van der Waals surface area contributed by atoms with Crippen LogP contribution < -0.4 is 28.7 Å². The molecule has 1 fully saturated rings. The van der Waals surface area contributed by atoms with Crippen molar-refractivity contribution in [1.82, 2.24) is 0 Å². The van der Waals surface area contributed by atoms with Gasteiger partial charge < -0.3 is 28.7 Å². The second-order valence-corrected chi connectivity index (χ2v) is 20.1. The van der Waals surface area contributed by atoms with Crippen molar-refractivity contribution in [3.05, 3.63) is 191 Å². The van der Waals surface area contributed by atoms with Crippen molar-refractivity contribution < 1.29 is 28.1 Å². The van der Waals surface area contributed by atoms with E-state index in [0.29, 0.717) is 79.0 Å². The van der Waals surface area contributed by atoms with Gasteiger partial charge in [0, 0.05) is 46.8 Å². The van der Waals surface area contributed by atoms with E-state index in [2.05, 4.69) is 225 Å². The Morgan fingerprint density at radius 2 is 0.750 bits per heavy atom. The van der Waals surface area contributed by atoms with Gasteiger partial charge >= 0.3 is 0 Å². The number of nitrogens with zero attached hydrogens (tertiary/aromatic N) is 6. The topological polar surface area (TPSA) is 57.6 Å². The van der Waals surface area contributed by atoms with E-state index in [1.807, 2.05) is 23.5 Å². The van der Waals surface area contributed by atoms with Crippen LogP contribution in [0.5, 0.6) is 0 Å². The summed E-state index contributed by atoms with van der Waals surface area (Å²) in [5.74, 6) is 2.15. The predicted molar refractivity (Wildman–Crippen MR) is 296 cm³/mol. The molecule has 5 heterocycles. The highest BCUT2D eigenvalue weighted by atomic mass is 32.2. The Bertz CT molecular complexity index is 3010. The van der Waals surface area contributed by atoms with Gasteiger partial charge in [0.25, 0.3) is 11.6 Å². The molecule has 6 aromatic carbocycles. The SMILES string of the molecule is CN1/C(=C\c2cc(N3CCOCCOCCN(c4cc(/C=C5/Sc6ccccc6N5C)c5ccccc5[n+]4-c4ccccc4)CCOCCOCC3)[n+](-c3ccccc3)c3ccccc23)Sc2ccccc21. The molecule has 0 saturated carbocycles. The molecule has 0 aliphatic carbocycles. The summed E-state index contributed by atoms with van der Waals surface area (Å²) < 4.78 is 30.4. The zero-order chi connectivity index (χ0) is 48.6. The summed E-state index contributed by atoms with van der Waals surface area (Å²) in [6.45, 7) is 6.67. The van der Waals surface area contributed by atoms with Crippen molar-refractivity contribution in [2.75, 3.05) is 113 Å². The maximum Gasteiger partial charge on any atom is 0.283 e. The van der Waals surface area contributed by atoms with E-state index in [9.17, 15) is 0 Å². The summed E-state index contributed by atoms with van der Waals surface area (Å²) in [5.41, 5.74) is 9.22. The number of rotatable bonds is 6. The molecule has 2 aromatic heterocycles. The molecule has 0 unspecified atom stereocenters. The number of pyridine rings is 2. The van der Waals surface area contributed by atoms with Gasteiger partial charge in [-0.3, -0.25) is 9.80 Å². The van der Waals surface area contributed by atoms with Gasteiger partial charge in [0.2, 0.25) is 0 Å². The van der Waals surface area contributed by atoms with Crippen LogP contribution in [-0.4, -0.2) is 93.1 Å². The Kier molecular flexibility index (Phi) is 14.8. The van der Waals surface area contributed by atoms with Crippen molar-refractivity contribution >= 4 is 80.5 Å².